The normalized spacial score (nSPS) is 30.0. The molecule has 0 unspecified atom stereocenters. The fraction of sp³-hybridized carbons (Fsp3) is 1.00. The van der Waals surface area contributed by atoms with E-state index < -0.39 is 11.7 Å². The van der Waals surface area contributed by atoms with Crippen LogP contribution in [0.15, 0.2) is 0 Å². The van der Waals surface area contributed by atoms with Crippen LogP contribution in [0, 0.1) is 5.41 Å². The summed E-state index contributed by atoms with van der Waals surface area (Å²) >= 11 is 0. The topological polar surface area (TPSA) is 26.0 Å². The Hall–Kier alpha value is -0.250. The molecule has 14 heavy (non-hydrogen) atoms. The summed E-state index contributed by atoms with van der Waals surface area (Å²) in [7, 11) is 0. The van der Waals surface area contributed by atoms with E-state index in [-0.39, 0.29) is 18.3 Å². The second-order valence-electron chi connectivity index (χ2n) is 5.07. The van der Waals surface area contributed by atoms with Gasteiger partial charge in [-0.25, -0.2) is 0 Å². The quantitative estimate of drug-likeness (QED) is 0.649. The zero-order valence-electron chi connectivity index (χ0n) is 8.16. The van der Waals surface area contributed by atoms with Gasteiger partial charge < -0.3 is 5.73 Å². The Kier molecular flexibility index (Phi) is 2.11. The van der Waals surface area contributed by atoms with Crippen molar-refractivity contribution in [3.63, 3.8) is 0 Å². The molecular formula is C10H16F3N. The highest BCUT2D eigenvalue weighted by molar-refractivity contribution is 5.11. The molecule has 2 rings (SSSR count). The third-order valence-corrected chi connectivity index (χ3v) is 3.86. The number of nitrogens with two attached hydrogens (primary N) is 1. The molecule has 2 aliphatic rings. The Balaban J connectivity index is 2.00. The molecule has 82 valence electrons. The van der Waals surface area contributed by atoms with Gasteiger partial charge in [0.2, 0.25) is 0 Å². The number of halogens is 3. The summed E-state index contributed by atoms with van der Waals surface area (Å²) in [6.07, 6.45) is 1.32. The largest absolute Gasteiger partial charge is 0.406 e. The highest BCUT2D eigenvalue weighted by Gasteiger charge is 2.64. The van der Waals surface area contributed by atoms with Crippen molar-refractivity contribution in [3.8, 4) is 0 Å². The maximum absolute atomic E-state index is 12.5. The predicted octanol–water partition coefficient (Wildman–Crippen LogP) is 2.99. The second kappa shape index (κ2) is 2.87. The van der Waals surface area contributed by atoms with E-state index in [1.54, 1.807) is 0 Å². The van der Waals surface area contributed by atoms with Gasteiger partial charge in [0.1, 0.15) is 5.54 Å². The maximum atomic E-state index is 12.5. The Bertz CT molecular complexity index is 220. The fourth-order valence-electron chi connectivity index (χ4n) is 3.14. The van der Waals surface area contributed by atoms with Crippen LogP contribution in [0.1, 0.15) is 44.9 Å². The van der Waals surface area contributed by atoms with Gasteiger partial charge in [-0.15, -0.1) is 0 Å². The Morgan fingerprint density at radius 2 is 1.43 bits per heavy atom. The second-order valence-corrected chi connectivity index (χ2v) is 5.07. The predicted molar refractivity (Wildman–Crippen MR) is 47.7 cm³/mol. The van der Waals surface area contributed by atoms with E-state index in [4.69, 9.17) is 5.73 Å². The minimum absolute atomic E-state index is 0.0531. The number of alkyl halides is 3. The summed E-state index contributed by atoms with van der Waals surface area (Å²) in [4.78, 5) is 0. The first kappa shape index (κ1) is 10.3. The lowest BCUT2D eigenvalue weighted by molar-refractivity contribution is -0.239. The summed E-state index contributed by atoms with van der Waals surface area (Å²) in [5.41, 5.74) is 3.44. The van der Waals surface area contributed by atoms with Crippen LogP contribution in [0.3, 0.4) is 0 Å². The van der Waals surface area contributed by atoms with Crippen molar-refractivity contribution in [2.75, 3.05) is 0 Å². The molecule has 1 spiro atoms. The lowest BCUT2D eigenvalue weighted by Gasteiger charge is -2.56. The monoisotopic (exact) mass is 207 g/mol. The Morgan fingerprint density at radius 1 is 0.929 bits per heavy atom. The molecule has 1 nitrogen and oxygen atoms in total. The van der Waals surface area contributed by atoms with Crippen molar-refractivity contribution in [2.24, 2.45) is 11.1 Å². The van der Waals surface area contributed by atoms with Crippen LogP contribution in [0.4, 0.5) is 13.2 Å². The first-order valence-electron chi connectivity index (χ1n) is 5.23. The van der Waals surface area contributed by atoms with Crippen LogP contribution in [0.2, 0.25) is 0 Å². The SMILES string of the molecule is NC1(C(F)(F)F)CC2(CCCCC2)C1. The van der Waals surface area contributed by atoms with E-state index >= 15 is 0 Å². The van der Waals surface area contributed by atoms with E-state index in [1.165, 1.54) is 6.42 Å². The van der Waals surface area contributed by atoms with Gasteiger partial charge in [-0.1, -0.05) is 19.3 Å². The third kappa shape index (κ3) is 1.44. The van der Waals surface area contributed by atoms with Gasteiger partial charge in [0.25, 0.3) is 0 Å². The van der Waals surface area contributed by atoms with Crippen LogP contribution in [-0.4, -0.2) is 11.7 Å². The highest BCUT2D eigenvalue weighted by Crippen LogP contribution is 2.60. The van der Waals surface area contributed by atoms with Crippen LogP contribution >= 0.6 is 0 Å². The lowest BCUT2D eigenvalue weighted by atomic mass is 9.52. The zero-order chi connectivity index (χ0) is 10.4. The standard InChI is InChI=1S/C10H16F3N/c11-10(12,13)9(14)6-8(7-9)4-2-1-3-5-8/h1-7,14H2. The molecule has 2 fully saturated rings. The fourth-order valence-corrected chi connectivity index (χ4v) is 3.14. The van der Waals surface area contributed by atoms with Gasteiger partial charge >= 0.3 is 6.18 Å². The lowest BCUT2D eigenvalue weighted by Crippen LogP contribution is -2.66. The van der Waals surface area contributed by atoms with Gasteiger partial charge in [-0.3, -0.25) is 0 Å². The molecule has 0 bridgehead atoms. The van der Waals surface area contributed by atoms with E-state index in [0.29, 0.717) is 0 Å². The van der Waals surface area contributed by atoms with Crippen molar-refractivity contribution in [1.29, 1.82) is 0 Å². The van der Waals surface area contributed by atoms with Crippen molar-refractivity contribution < 1.29 is 13.2 Å². The van der Waals surface area contributed by atoms with Crippen molar-refractivity contribution in [1.82, 2.24) is 0 Å². The molecule has 0 heterocycles. The highest BCUT2D eigenvalue weighted by atomic mass is 19.4. The molecule has 2 aliphatic carbocycles. The van der Waals surface area contributed by atoms with Gasteiger partial charge in [0.05, 0.1) is 0 Å². The Morgan fingerprint density at radius 3 is 1.86 bits per heavy atom. The number of rotatable bonds is 0. The molecule has 0 atom stereocenters. The Labute approximate surface area is 81.8 Å². The van der Waals surface area contributed by atoms with Crippen LogP contribution in [0.5, 0.6) is 0 Å². The minimum atomic E-state index is -4.21. The average molecular weight is 207 g/mol. The molecule has 0 saturated heterocycles. The molecule has 4 heteroatoms. The summed E-state index contributed by atoms with van der Waals surface area (Å²) in [5, 5.41) is 0. The summed E-state index contributed by atoms with van der Waals surface area (Å²) in [6, 6.07) is 0. The summed E-state index contributed by atoms with van der Waals surface area (Å²) < 4.78 is 37.5. The average Bonchev–Trinajstić information content (AvgIpc) is 2.01. The smallest absolute Gasteiger partial charge is 0.318 e. The van der Waals surface area contributed by atoms with Crippen molar-refractivity contribution >= 4 is 0 Å². The molecule has 2 saturated carbocycles. The van der Waals surface area contributed by atoms with E-state index in [1.807, 2.05) is 0 Å². The van der Waals surface area contributed by atoms with Crippen molar-refractivity contribution in [2.45, 2.75) is 56.7 Å². The van der Waals surface area contributed by atoms with Gasteiger partial charge in [0, 0.05) is 0 Å². The molecule has 0 aromatic heterocycles. The third-order valence-electron chi connectivity index (χ3n) is 3.86. The molecule has 0 aliphatic heterocycles. The molecule has 0 aromatic rings. The van der Waals surface area contributed by atoms with E-state index in [0.717, 1.165) is 25.7 Å². The first-order chi connectivity index (χ1) is 6.37. The summed E-state index contributed by atoms with van der Waals surface area (Å²) in [5.74, 6) is 0. The zero-order valence-corrected chi connectivity index (χ0v) is 8.16. The van der Waals surface area contributed by atoms with Gasteiger partial charge in [0.15, 0.2) is 0 Å². The summed E-state index contributed by atoms with van der Waals surface area (Å²) in [6.45, 7) is 0. The van der Waals surface area contributed by atoms with Crippen LogP contribution in [-0.2, 0) is 0 Å². The number of hydrogen-bond acceptors (Lipinski definition) is 1. The minimum Gasteiger partial charge on any atom is -0.318 e. The van der Waals surface area contributed by atoms with Crippen LogP contribution in [0.25, 0.3) is 0 Å². The van der Waals surface area contributed by atoms with Crippen molar-refractivity contribution in [3.05, 3.63) is 0 Å². The molecule has 0 radical (unpaired) electrons. The number of hydrogen-bond donors (Lipinski definition) is 1. The maximum Gasteiger partial charge on any atom is 0.406 e. The first-order valence-corrected chi connectivity index (χ1v) is 5.23. The molecular weight excluding hydrogens is 191 g/mol. The van der Waals surface area contributed by atoms with Gasteiger partial charge in [-0.2, -0.15) is 13.2 Å². The molecule has 0 aromatic carbocycles. The van der Waals surface area contributed by atoms with E-state index in [2.05, 4.69) is 0 Å². The van der Waals surface area contributed by atoms with E-state index in [9.17, 15) is 13.2 Å². The molecule has 2 N–H and O–H groups in total. The van der Waals surface area contributed by atoms with Gasteiger partial charge in [-0.05, 0) is 31.1 Å². The molecule has 0 amide bonds. The van der Waals surface area contributed by atoms with Crippen LogP contribution < -0.4 is 5.73 Å².